The number of hydrogen-bond donors (Lipinski definition) is 1. The smallest absolute Gasteiger partial charge is 0.214 e. The van der Waals surface area contributed by atoms with Crippen molar-refractivity contribution in [1.29, 1.82) is 0 Å². The summed E-state index contributed by atoms with van der Waals surface area (Å²) in [5.74, 6) is 0.495. The molecule has 0 bridgehead atoms. The van der Waals surface area contributed by atoms with Crippen LogP contribution in [0.2, 0.25) is 0 Å². The third kappa shape index (κ3) is 3.72. The molecule has 4 heterocycles. The Balaban J connectivity index is 1.55. The lowest BCUT2D eigenvalue weighted by Gasteiger charge is -2.16. The van der Waals surface area contributed by atoms with Gasteiger partial charge in [-0.15, -0.1) is 0 Å². The van der Waals surface area contributed by atoms with Crippen molar-refractivity contribution in [1.82, 2.24) is 24.2 Å². The summed E-state index contributed by atoms with van der Waals surface area (Å²) in [7, 11) is -3.13. The molecule has 27 heavy (non-hydrogen) atoms. The fraction of sp³-hybridized carbons (Fsp3) is 0.421. The molecule has 1 saturated heterocycles. The molecular weight excluding hydrogens is 362 g/mol. The zero-order chi connectivity index (χ0) is 18.9. The average Bonchev–Trinajstić information content (AvgIpc) is 3.31. The number of aromatic amines is 1. The summed E-state index contributed by atoms with van der Waals surface area (Å²) < 4.78 is 26.2. The predicted octanol–water partition coefficient (Wildman–Crippen LogP) is 2.62. The molecule has 0 aromatic carbocycles. The van der Waals surface area contributed by atoms with Crippen molar-refractivity contribution in [3.63, 3.8) is 0 Å². The molecule has 1 aliphatic rings. The molecule has 0 aliphatic carbocycles. The van der Waals surface area contributed by atoms with Crippen molar-refractivity contribution in [2.75, 3.05) is 18.8 Å². The van der Waals surface area contributed by atoms with Gasteiger partial charge in [-0.2, -0.15) is 0 Å². The lowest BCUT2D eigenvalue weighted by molar-refractivity contribution is 0.454. The summed E-state index contributed by atoms with van der Waals surface area (Å²) in [6.07, 6.45) is 7.60. The van der Waals surface area contributed by atoms with Gasteiger partial charge in [-0.3, -0.25) is 4.98 Å². The van der Waals surface area contributed by atoms with E-state index in [-0.39, 0.29) is 11.7 Å². The van der Waals surface area contributed by atoms with Crippen LogP contribution >= 0.6 is 0 Å². The van der Waals surface area contributed by atoms with Crippen molar-refractivity contribution in [3.05, 3.63) is 42.5 Å². The van der Waals surface area contributed by atoms with Gasteiger partial charge in [0.1, 0.15) is 5.52 Å². The summed E-state index contributed by atoms with van der Waals surface area (Å²) in [6, 6.07) is 5.80. The standard InChI is InChI=1S/C19H23N5O2S/c1-2-10-27(25,26)24-9-6-14(13-24)11-17-15(4-3-7-20-17)18-12-22-19-16(23-18)5-8-21-19/h3-5,7-8,12,14H,2,6,9-11,13H2,1H3,(H,21,22)/t14-/m0/s1. The van der Waals surface area contributed by atoms with Gasteiger partial charge in [-0.05, 0) is 43.4 Å². The Kier molecular flexibility index (Phi) is 4.92. The quantitative estimate of drug-likeness (QED) is 0.704. The molecule has 8 heteroatoms. The predicted molar refractivity (Wildman–Crippen MR) is 105 cm³/mol. The Bertz CT molecular complexity index is 1050. The number of aromatic nitrogens is 4. The van der Waals surface area contributed by atoms with Gasteiger partial charge < -0.3 is 4.98 Å². The van der Waals surface area contributed by atoms with Gasteiger partial charge in [0.2, 0.25) is 10.0 Å². The highest BCUT2D eigenvalue weighted by atomic mass is 32.2. The number of fused-ring (bicyclic) bond motifs is 1. The zero-order valence-electron chi connectivity index (χ0n) is 15.3. The Morgan fingerprint density at radius 2 is 2.19 bits per heavy atom. The minimum atomic E-state index is -3.13. The van der Waals surface area contributed by atoms with E-state index in [9.17, 15) is 8.42 Å². The highest BCUT2D eigenvalue weighted by Gasteiger charge is 2.31. The number of sulfonamides is 1. The lowest BCUT2D eigenvalue weighted by atomic mass is 9.98. The molecule has 0 saturated carbocycles. The molecule has 0 spiro atoms. The van der Waals surface area contributed by atoms with E-state index in [1.807, 2.05) is 31.3 Å². The maximum atomic E-state index is 12.3. The number of H-pyrrole nitrogens is 1. The topological polar surface area (TPSA) is 91.8 Å². The van der Waals surface area contributed by atoms with Crippen molar-refractivity contribution < 1.29 is 8.42 Å². The molecule has 3 aromatic heterocycles. The van der Waals surface area contributed by atoms with Crippen LogP contribution in [0.15, 0.2) is 36.8 Å². The molecular formula is C19H23N5O2S. The number of nitrogens with one attached hydrogen (secondary N) is 1. The third-order valence-corrected chi connectivity index (χ3v) is 7.06. The van der Waals surface area contributed by atoms with Gasteiger partial charge in [0.15, 0.2) is 5.65 Å². The third-order valence-electron chi connectivity index (χ3n) is 5.01. The van der Waals surface area contributed by atoms with Crippen LogP contribution in [-0.4, -0.2) is 51.5 Å². The van der Waals surface area contributed by atoms with E-state index in [2.05, 4.69) is 19.9 Å². The Labute approximate surface area is 158 Å². The Morgan fingerprint density at radius 1 is 1.30 bits per heavy atom. The SMILES string of the molecule is CCCS(=O)(=O)N1CC[C@@H](Cc2ncccc2-c2cnc3[nH]ccc3n2)C1. The van der Waals surface area contributed by atoms with Crippen LogP contribution in [-0.2, 0) is 16.4 Å². The molecule has 1 N–H and O–H groups in total. The van der Waals surface area contributed by atoms with Crippen LogP contribution < -0.4 is 0 Å². The maximum Gasteiger partial charge on any atom is 0.214 e. The van der Waals surface area contributed by atoms with Crippen LogP contribution in [0, 0.1) is 5.92 Å². The molecule has 4 rings (SSSR count). The fourth-order valence-electron chi connectivity index (χ4n) is 3.67. The molecule has 3 aromatic rings. The summed E-state index contributed by atoms with van der Waals surface area (Å²) in [5, 5.41) is 0. The Hall–Kier alpha value is -2.32. The lowest BCUT2D eigenvalue weighted by Crippen LogP contribution is -2.31. The van der Waals surface area contributed by atoms with E-state index in [0.29, 0.717) is 19.5 Å². The first-order valence-electron chi connectivity index (χ1n) is 9.29. The van der Waals surface area contributed by atoms with Gasteiger partial charge in [0.25, 0.3) is 0 Å². The van der Waals surface area contributed by atoms with Crippen molar-refractivity contribution >= 4 is 21.2 Å². The van der Waals surface area contributed by atoms with Gasteiger partial charge in [0.05, 0.1) is 23.3 Å². The van der Waals surface area contributed by atoms with E-state index in [1.54, 1.807) is 16.7 Å². The highest BCUT2D eigenvalue weighted by Crippen LogP contribution is 2.28. The largest absolute Gasteiger partial charge is 0.345 e. The average molecular weight is 385 g/mol. The molecule has 142 valence electrons. The van der Waals surface area contributed by atoms with Gasteiger partial charge in [-0.25, -0.2) is 22.7 Å². The van der Waals surface area contributed by atoms with E-state index in [4.69, 9.17) is 0 Å². The summed E-state index contributed by atoms with van der Waals surface area (Å²) >= 11 is 0. The number of rotatable bonds is 6. The van der Waals surface area contributed by atoms with Crippen LogP contribution in [0.5, 0.6) is 0 Å². The maximum absolute atomic E-state index is 12.3. The summed E-state index contributed by atoms with van der Waals surface area (Å²) in [5.41, 5.74) is 4.28. The Morgan fingerprint density at radius 3 is 3.04 bits per heavy atom. The van der Waals surface area contributed by atoms with Crippen LogP contribution in [0.1, 0.15) is 25.5 Å². The molecule has 1 fully saturated rings. The molecule has 1 atom stereocenters. The van der Waals surface area contributed by atoms with E-state index in [1.165, 1.54) is 0 Å². The van der Waals surface area contributed by atoms with Crippen LogP contribution in [0.4, 0.5) is 0 Å². The van der Waals surface area contributed by atoms with E-state index < -0.39 is 10.0 Å². The second-order valence-electron chi connectivity index (χ2n) is 7.00. The fourth-order valence-corrected chi connectivity index (χ4v) is 5.27. The first-order valence-corrected chi connectivity index (χ1v) is 10.9. The molecule has 0 amide bonds. The minimum Gasteiger partial charge on any atom is -0.345 e. The zero-order valence-corrected chi connectivity index (χ0v) is 16.1. The molecule has 1 aliphatic heterocycles. The van der Waals surface area contributed by atoms with E-state index >= 15 is 0 Å². The van der Waals surface area contributed by atoms with Gasteiger partial charge in [0, 0.05) is 31.0 Å². The normalized spacial score (nSPS) is 18.3. The van der Waals surface area contributed by atoms with E-state index in [0.717, 1.165) is 41.0 Å². The van der Waals surface area contributed by atoms with Crippen molar-refractivity contribution in [2.45, 2.75) is 26.2 Å². The minimum absolute atomic E-state index is 0.223. The second kappa shape index (κ2) is 7.36. The highest BCUT2D eigenvalue weighted by molar-refractivity contribution is 7.89. The first kappa shape index (κ1) is 18.1. The first-order chi connectivity index (χ1) is 13.1. The van der Waals surface area contributed by atoms with Gasteiger partial charge >= 0.3 is 0 Å². The van der Waals surface area contributed by atoms with Crippen LogP contribution in [0.3, 0.4) is 0 Å². The molecule has 7 nitrogen and oxygen atoms in total. The number of hydrogen-bond acceptors (Lipinski definition) is 5. The second-order valence-corrected chi connectivity index (χ2v) is 9.09. The number of pyridine rings is 1. The number of nitrogens with zero attached hydrogens (tertiary/aromatic N) is 4. The molecule has 0 radical (unpaired) electrons. The van der Waals surface area contributed by atoms with Crippen molar-refractivity contribution in [2.24, 2.45) is 5.92 Å². The molecule has 0 unspecified atom stereocenters. The van der Waals surface area contributed by atoms with Crippen molar-refractivity contribution in [3.8, 4) is 11.3 Å². The monoisotopic (exact) mass is 385 g/mol. The van der Waals surface area contributed by atoms with Crippen LogP contribution in [0.25, 0.3) is 22.4 Å². The summed E-state index contributed by atoms with van der Waals surface area (Å²) in [4.78, 5) is 16.7. The van der Waals surface area contributed by atoms with Gasteiger partial charge in [-0.1, -0.05) is 6.92 Å². The summed E-state index contributed by atoms with van der Waals surface area (Å²) in [6.45, 7) is 3.07.